The highest BCUT2D eigenvalue weighted by atomic mass is 15.1. The number of rotatable bonds is 8. The zero-order valence-electron chi connectivity index (χ0n) is 15.6. The summed E-state index contributed by atoms with van der Waals surface area (Å²) in [6.07, 6.45) is 19.3. The van der Waals surface area contributed by atoms with E-state index >= 15 is 0 Å². The summed E-state index contributed by atoms with van der Waals surface area (Å²) < 4.78 is 0. The van der Waals surface area contributed by atoms with Crippen LogP contribution in [0, 0.1) is 0 Å². The molecule has 0 aromatic rings. The predicted molar refractivity (Wildman–Crippen MR) is 102 cm³/mol. The Kier molecular flexibility index (Phi) is 14.1. The van der Waals surface area contributed by atoms with Gasteiger partial charge in [0, 0.05) is 0 Å². The van der Waals surface area contributed by atoms with Crippen molar-refractivity contribution < 1.29 is 0 Å². The van der Waals surface area contributed by atoms with Crippen LogP contribution in [0.3, 0.4) is 0 Å². The van der Waals surface area contributed by atoms with E-state index in [1.54, 1.807) is 5.57 Å². The highest BCUT2D eigenvalue weighted by molar-refractivity contribution is 5.24. The second-order valence-corrected chi connectivity index (χ2v) is 5.89. The third-order valence-corrected chi connectivity index (χ3v) is 3.90. The van der Waals surface area contributed by atoms with E-state index < -0.39 is 0 Å². The summed E-state index contributed by atoms with van der Waals surface area (Å²) in [7, 11) is 0. The van der Waals surface area contributed by atoms with Crippen LogP contribution in [0.4, 0.5) is 0 Å². The van der Waals surface area contributed by atoms with Gasteiger partial charge in [0.15, 0.2) is 0 Å². The lowest BCUT2D eigenvalue weighted by atomic mass is 9.98. The quantitative estimate of drug-likeness (QED) is 0.475. The minimum atomic E-state index is 1.13. The summed E-state index contributed by atoms with van der Waals surface area (Å²) in [4.78, 5) is 2.46. The van der Waals surface area contributed by atoms with Gasteiger partial charge >= 0.3 is 0 Å². The Labute approximate surface area is 139 Å². The molecule has 0 amide bonds. The molecular formula is C21H37N. The van der Waals surface area contributed by atoms with E-state index in [2.05, 4.69) is 69.1 Å². The Bertz CT molecular complexity index is 367. The summed E-state index contributed by atoms with van der Waals surface area (Å²) in [5, 5.41) is 0. The van der Waals surface area contributed by atoms with Gasteiger partial charge in [0.2, 0.25) is 0 Å². The van der Waals surface area contributed by atoms with E-state index in [-0.39, 0.29) is 0 Å². The van der Waals surface area contributed by atoms with Crippen LogP contribution in [-0.2, 0) is 0 Å². The van der Waals surface area contributed by atoms with Crippen LogP contribution in [-0.4, -0.2) is 24.5 Å². The van der Waals surface area contributed by atoms with Crippen molar-refractivity contribution in [3.63, 3.8) is 0 Å². The lowest BCUT2D eigenvalue weighted by Crippen LogP contribution is -2.23. The molecule has 0 atom stereocenters. The van der Waals surface area contributed by atoms with Gasteiger partial charge < -0.3 is 4.90 Å². The Morgan fingerprint density at radius 2 is 1.95 bits per heavy atom. The lowest BCUT2D eigenvalue weighted by Gasteiger charge is -2.16. The average Bonchev–Trinajstić information content (AvgIpc) is 2.55. The van der Waals surface area contributed by atoms with E-state index in [1.165, 1.54) is 50.9 Å². The maximum absolute atomic E-state index is 2.46. The number of nitrogens with zero attached hydrogens (tertiary/aromatic N) is 1. The smallest absolute Gasteiger partial charge is 0.00191 e. The molecule has 0 bridgehead atoms. The fourth-order valence-electron chi connectivity index (χ4n) is 2.40. The van der Waals surface area contributed by atoms with Crippen molar-refractivity contribution in [1.82, 2.24) is 4.90 Å². The van der Waals surface area contributed by atoms with E-state index in [0.717, 1.165) is 6.42 Å². The van der Waals surface area contributed by atoms with E-state index in [4.69, 9.17) is 0 Å². The van der Waals surface area contributed by atoms with Gasteiger partial charge in [0.25, 0.3) is 0 Å². The molecule has 1 rings (SSSR count). The minimum Gasteiger partial charge on any atom is -0.304 e. The third kappa shape index (κ3) is 11.6. The van der Waals surface area contributed by atoms with Gasteiger partial charge in [-0.05, 0) is 59.2 Å². The first-order valence-corrected chi connectivity index (χ1v) is 9.03. The molecule has 0 aliphatic heterocycles. The molecule has 0 saturated carbocycles. The molecule has 1 heteroatoms. The van der Waals surface area contributed by atoms with Gasteiger partial charge in [-0.25, -0.2) is 0 Å². The molecule has 0 spiro atoms. The van der Waals surface area contributed by atoms with Gasteiger partial charge in [-0.2, -0.15) is 0 Å². The fraction of sp³-hybridized carbons (Fsp3) is 0.619. The van der Waals surface area contributed by atoms with Crippen LogP contribution in [0.2, 0.25) is 0 Å². The van der Waals surface area contributed by atoms with Gasteiger partial charge in [0.05, 0.1) is 0 Å². The van der Waals surface area contributed by atoms with Gasteiger partial charge in [-0.3, -0.25) is 0 Å². The van der Waals surface area contributed by atoms with Crippen LogP contribution in [0.25, 0.3) is 0 Å². The highest BCUT2D eigenvalue weighted by Crippen LogP contribution is 2.19. The number of unbranched alkanes of at least 4 members (excludes halogenated alkanes) is 1. The monoisotopic (exact) mass is 303 g/mol. The molecule has 0 N–H and O–H groups in total. The number of hydrogen-bond donors (Lipinski definition) is 0. The SMILES string of the molecule is C/C=C\C=C(/C)CC1=CC=CCC1.CCCCN(CC)CC. The zero-order valence-corrected chi connectivity index (χ0v) is 15.6. The average molecular weight is 304 g/mol. The second kappa shape index (κ2) is 14.8. The first kappa shape index (κ1) is 20.9. The Hall–Kier alpha value is -1.08. The molecule has 22 heavy (non-hydrogen) atoms. The van der Waals surface area contributed by atoms with Crippen LogP contribution in [0.1, 0.15) is 66.7 Å². The summed E-state index contributed by atoms with van der Waals surface area (Å²) in [6.45, 7) is 14.6. The first-order chi connectivity index (χ1) is 10.7. The summed E-state index contributed by atoms with van der Waals surface area (Å²) >= 11 is 0. The Balaban J connectivity index is 0.000000433. The molecular weight excluding hydrogens is 266 g/mol. The maximum Gasteiger partial charge on any atom is -0.00191 e. The van der Waals surface area contributed by atoms with Gasteiger partial charge in [-0.15, -0.1) is 0 Å². The van der Waals surface area contributed by atoms with Gasteiger partial charge in [-0.1, -0.05) is 74.8 Å². The first-order valence-electron chi connectivity index (χ1n) is 9.03. The van der Waals surface area contributed by atoms with Crippen LogP contribution in [0.5, 0.6) is 0 Å². The lowest BCUT2D eigenvalue weighted by molar-refractivity contribution is 0.299. The standard InChI is InChI=1S/C13H18.C8H19N/c1-3-4-8-12(2)11-13-9-6-5-7-10-13;1-4-7-8-9(5-2)6-3/h3-6,8-9H,7,10-11H2,1-2H3;4-8H2,1-3H3/b4-3-,12-8+;. The molecule has 0 radical (unpaired) electrons. The summed E-state index contributed by atoms with van der Waals surface area (Å²) in [5.74, 6) is 0. The van der Waals surface area contributed by atoms with Crippen molar-refractivity contribution in [2.45, 2.75) is 66.7 Å². The van der Waals surface area contributed by atoms with Gasteiger partial charge in [0.1, 0.15) is 0 Å². The van der Waals surface area contributed by atoms with Crippen molar-refractivity contribution in [3.05, 3.63) is 47.6 Å². The van der Waals surface area contributed by atoms with Crippen molar-refractivity contribution in [1.29, 1.82) is 0 Å². The molecule has 1 nitrogen and oxygen atoms in total. The van der Waals surface area contributed by atoms with E-state index in [9.17, 15) is 0 Å². The minimum absolute atomic E-state index is 1.13. The normalized spacial score (nSPS) is 15.0. The largest absolute Gasteiger partial charge is 0.304 e. The molecule has 1 aliphatic carbocycles. The molecule has 0 aromatic carbocycles. The summed E-state index contributed by atoms with van der Waals surface area (Å²) in [6, 6.07) is 0. The molecule has 126 valence electrons. The van der Waals surface area contributed by atoms with Crippen molar-refractivity contribution in [2.24, 2.45) is 0 Å². The molecule has 0 heterocycles. The third-order valence-electron chi connectivity index (χ3n) is 3.90. The second-order valence-electron chi connectivity index (χ2n) is 5.89. The molecule has 0 aromatic heterocycles. The molecule has 0 saturated heterocycles. The summed E-state index contributed by atoms with van der Waals surface area (Å²) in [5.41, 5.74) is 3.00. The number of hydrogen-bond acceptors (Lipinski definition) is 1. The van der Waals surface area contributed by atoms with Crippen molar-refractivity contribution in [2.75, 3.05) is 19.6 Å². The van der Waals surface area contributed by atoms with Crippen LogP contribution < -0.4 is 0 Å². The fourth-order valence-corrected chi connectivity index (χ4v) is 2.40. The predicted octanol–water partition coefficient (Wildman–Crippen LogP) is 6.30. The van der Waals surface area contributed by atoms with Crippen molar-refractivity contribution in [3.8, 4) is 0 Å². The highest BCUT2D eigenvalue weighted by Gasteiger charge is 1.99. The topological polar surface area (TPSA) is 3.24 Å². The van der Waals surface area contributed by atoms with E-state index in [1.807, 2.05) is 6.92 Å². The zero-order chi connectivity index (χ0) is 16.6. The molecule has 0 fully saturated rings. The Morgan fingerprint density at radius 1 is 1.23 bits per heavy atom. The van der Waals surface area contributed by atoms with E-state index in [0.29, 0.717) is 0 Å². The van der Waals surface area contributed by atoms with Crippen LogP contribution in [0.15, 0.2) is 47.6 Å². The number of allylic oxidation sites excluding steroid dienone is 8. The maximum atomic E-state index is 2.46. The Morgan fingerprint density at radius 3 is 2.45 bits per heavy atom. The van der Waals surface area contributed by atoms with Crippen molar-refractivity contribution >= 4 is 0 Å². The van der Waals surface area contributed by atoms with Crippen LogP contribution >= 0.6 is 0 Å². The molecule has 0 unspecified atom stereocenters. The molecule has 1 aliphatic rings.